The Morgan fingerprint density at radius 2 is 1.90 bits per heavy atom. The quantitative estimate of drug-likeness (QED) is 0.486. The van der Waals surface area contributed by atoms with Crippen molar-refractivity contribution >= 4 is 29.5 Å². The first kappa shape index (κ1) is 21.0. The summed E-state index contributed by atoms with van der Waals surface area (Å²) in [5.74, 6) is 0.0855. The minimum atomic E-state index is -0.582. The summed E-state index contributed by atoms with van der Waals surface area (Å²) in [7, 11) is 1.62. The molecular formula is C21H24N2O5S. The summed E-state index contributed by atoms with van der Waals surface area (Å²) in [6.45, 7) is 1.55. The standard InChI is InChI=1S/C21H24N2O5S/c1-22(13-16-7-6-12-27-16)19(24)14-28-21(26)17-8-2-3-9-18(17)29-15-20(25)23-10-4-5-11-23/h2-3,6-9,12H,4-5,10-11,13-15H2,1H3. The van der Waals surface area contributed by atoms with Gasteiger partial charge in [-0.3, -0.25) is 9.59 Å². The lowest BCUT2D eigenvalue weighted by molar-refractivity contribution is -0.134. The van der Waals surface area contributed by atoms with Crippen molar-refractivity contribution in [2.45, 2.75) is 24.3 Å². The lowest BCUT2D eigenvalue weighted by Crippen LogP contribution is -2.30. The number of carbonyl (C=O) groups is 3. The zero-order valence-corrected chi connectivity index (χ0v) is 17.2. The largest absolute Gasteiger partial charge is 0.467 e. The molecule has 154 valence electrons. The minimum Gasteiger partial charge on any atom is -0.467 e. The molecule has 0 aliphatic carbocycles. The molecule has 0 unspecified atom stereocenters. The maximum Gasteiger partial charge on any atom is 0.339 e. The number of furan rings is 1. The lowest BCUT2D eigenvalue weighted by Gasteiger charge is -2.16. The van der Waals surface area contributed by atoms with Crippen LogP contribution >= 0.6 is 11.8 Å². The van der Waals surface area contributed by atoms with E-state index in [0.29, 0.717) is 22.8 Å². The molecule has 0 bridgehead atoms. The Hall–Kier alpha value is -2.74. The number of nitrogens with zero attached hydrogens (tertiary/aromatic N) is 2. The van der Waals surface area contributed by atoms with E-state index in [1.807, 2.05) is 11.0 Å². The van der Waals surface area contributed by atoms with E-state index < -0.39 is 5.97 Å². The van der Waals surface area contributed by atoms with Gasteiger partial charge in [-0.15, -0.1) is 11.8 Å². The third kappa shape index (κ3) is 5.87. The van der Waals surface area contributed by atoms with Gasteiger partial charge in [0.05, 0.1) is 24.1 Å². The van der Waals surface area contributed by atoms with E-state index in [1.54, 1.807) is 37.4 Å². The van der Waals surface area contributed by atoms with Gasteiger partial charge in [0, 0.05) is 25.0 Å². The highest BCUT2D eigenvalue weighted by Crippen LogP contribution is 2.24. The van der Waals surface area contributed by atoms with Crippen LogP contribution in [-0.2, 0) is 20.9 Å². The molecule has 3 rings (SSSR count). The Balaban J connectivity index is 1.52. The highest BCUT2D eigenvalue weighted by atomic mass is 32.2. The van der Waals surface area contributed by atoms with Crippen LogP contribution in [0.4, 0.5) is 0 Å². The second-order valence-electron chi connectivity index (χ2n) is 6.78. The third-order valence-corrected chi connectivity index (χ3v) is 5.70. The van der Waals surface area contributed by atoms with E-state index in [1.165, 1.54) is 22.9 Å². The van der Waals surface area contributed by atoms with Crippen molar-refractivity contribution in [2.24, 2.45) is 0 Å². The van der Waals surface area contributed by atoms with E-state index in [-0.39, 0.29) is 24.2 Å². The van der Waals surface area contributed by atoms with Crippen LogP contribution in [0, 0.1) is 0 Å². The van der Waals surface area contributed by atoms with Crippen LogP contribution in [0.1, 0.15) is 29.0 Å². The zero-order chi connectivity index (χ0) is 20.6. The fourth-order valence-corrected chi connectivity index (χ4v) is 3.94. The second kappa shape index (κ2) is 10.2. The normalized spacial score (nSPS) is 13.3. The number of ether oxygens (including phenoxy) is 1. The van der Waals surface area contributed by atoms with Crippen molar-refractivity contribution in [3.05, 3.63) is 54.0 Å². The van der Waals surface area contributed by atoms with Crippen molar-refractivity contribution in [2.75, 3.05) is 32.5 Å². The van der Waals surface area contributed by atoms with Crippen LogP contribution in [0.25, 0.3) is 0 Å². The predicted molar refractivity (Wildman–Crippen MR) is 108 cm³/mol. The van der Waals surface area contributed by atoms with Crippen LogP contribution < -0.4 is 0 Å². The second-order valence-corrected chi connectivity index (χ2v) is 7.80. The summed E-state index contributed by atoms with van der Waals surface area (Å²) in [5, 5.41) is 0. The number of benzene rings is 1. The van der Waals surface area contributed by atoms with Gasteiger partial charge in [-0.1, -0.05) is 12.1 Å². The molecule has 0 atom stereocenters. The van der Waals surface area contributed by atoms with E-state index in [9.17, 15) is 14.4 Å². The maximum absolute atomic E-state index is 12.5. The molecule has 8 heteroatoms. The number of amides is 2. The molecule has 0 saturated carbocycles. The van der Waals surface area contributed by atoms with Gasteiger partial charge in [0.1, 0.15) is 5.76 Å². The molecule has 2 heterocycles. The average Bonchev–Trinajstić information content (AvgIpc) is 3.44. The lowest BCUT2D eigenvalue weighted by atomic mass is 10.2. The van der Waals surface area contributed by atoms with Gasteiger partial charge >= 0.3 is 5.97 Å². The van der Waals surface area contributed by atoms with Gasteiger partial charge in [0.2, 0.25) is 5.91 Å². The maximum atomic E-state index is 12.5. The van der Waals surface area contributed by atoms with Gasteiger partial charge in [0.25, 0.3) is 5.91 Å². The van der Waals surface area contributed by atoms with Crippen molar-refractivity contribution in [3.8, 4) is 0 Å². The molecule has 2 aromatic rings. The average molecular weight is 416 g/mol. The number of likely N-dealkylation sites (tertiary alicyclic amines) is 1. The van der Waals surface area contributed by atoms with Gasteiger partial charge in [-0.25, -0.2) is 4.79 Å². The van der Waals surface area contributed by atoms with Crippen LogP contribution in [0.5, 0.6) is 0 Å². The smallest absolute Gasteiger partial charge is 0.339 e. The molecule has 0 spiro atoms. The summed E-state index contributed by atoms with van der Waals surface area (Å²) in [5.41, 5.74) is 0.355. The molecule has 1 saturated heterocycles. The van der Waals surface area contributed by atoms with E-state index in [2.05, 4.69) is 0 Å². The third-order valence-electron chi connectivity index (χ3n) is 4.64. The number of esters is 1. The molecule has 1 fully saturated rings. The number of carbonyl (C=O) groups excluding carboxylic acids is 3. The Morgan fingerprint density at radius 3 is 2.62 bits per heavy atom. The van der Waals surface area contributed by atoms with Crippen molar-refractivity contribution in [1.29, 1.82) is 0 Å². The number of likely N-dealkylation sites (N-methyl/N-ethyl adjacent to an activating group) is 1. The molecule has 0 N–H and O–H groups in total. The summed E-state index contributed by atoms with van der Waals surface area (Å²) in [6.07, 6.45) is 3.63. The first-order chi connectivity index (χ1) is 14.0. The fourth-order valence-electron chi connectivity index (χ4n) is 3.00. The SMILES string of the molecule is CN(Cc1ccco1)C(=O)COC(=O)c1ccccc1SCC(=O)N1CCCC1. The molecule has 7 nitrogen and oxygen atoms in total. The van der Waals surface area contributed by atoms with Crippen molar-refractivity contribution in [1.82, 2.24) is 9.80 Å². The number of rotatable bonds is 8. The first-order valence-corrected chi connectivity index (χ1v) is 10.5. The summed E-state index contributed by atoms with van der Waals surface area (Å²) < 4.78 is 10.4. The Morgan fingerprint density at radius 1 is 1.14 bits per heavy atom. The monoisotopic (exact) mass is 416 g/mol. The van der Waals surface area contributed by atoms with Crippen molar-refractivity contribution in [3.63, 3.8) is 0 Å². The fraction of sp³-hybridized carbons (Fsp3) is 0.381. The minimum absolute atomic E-state index is 0.0744. The molecule has 1 aromatic carbocycles. The predicted octanol–water partition coefficient (Wildman–Crippen LogP) is 2.81. The van der Waals surface area contributed by atoms with Crippen LogP contribution in [0.2, 0.25) is 0 Å². The summed E-state index contributed by atoms with van der Waals surface area (Å²) in [4.78, 5) is 40.9. The van der Waals surface area contributed by atoms with Crippen LogP contribution in [0.15, 0.2) is 52.0 Å². The van der Waals surface area contributed by atoms with E-state index in [4.69, 9.17) is 9.15 Å². The Kier molecular flexibility index (Phi) is 7.35. The van der Waals surface area contributed by atoms with Gasteiger partial charge in [0.15, 0.2) is 6.61 Å². The number of thioether (sulfide) groups is 1. The topological polar surface area (TPSA) is 80.1 Å². The Bertz CT molecular complexity index is 847. The number of hydrogen-bond acceptors (Lipinski definition) is 6. The molecular weight excluding hydrogens is 392 g/mol. The molecule has 0 radical (unpaired) electrons. The molecule has 1 aliphatic rings. The van der Waals surface area contributed by atoms with Gasteiger partial charge in [-0.05, 0) is 37.1 Å². The zero-order valence-electron chi connectivity index (χ0n) is 16.3. The number of hydrogen-bond donors (Lipinski definition) is 0. The van der Waals surface area contributed by atoms with E-state index >= 15 is 0 Å². The highest BCUT2D eigenvalue weighted by Gasteiger charge is 2.20. The molecule has 1 aromatic heterocycles. The Labute approximate surface area is 174 Å². The molecule has 1 aliphatic heterocycles. The highest BCUT2D eigenvalue weighted by molar-refractivity contribution is 8.00. The van der Waals surface area contributed by atoms with Gasteiger partial charge < -0.3 is 19.0 Å². The van der Waals surface area contributed by atoms with Crippen LogP contribution in [0.3, 0.4) is 0 Å². The van der Waals surface area contributed by atoms with Crippen LogP contribution in [-0.4, -0.2) is 60.1 Å². The first-order valence-electron chi connectivity index (χ1n) is 9.47. The summed E-state index contributed by atoms with van der Waals surface area (Å²) in [6, 6.07) is 10.5. The van der Waals surface area contributed by atoms with Gasteiger partial charge in [-0.2, -0.15) is 0 Å². The molecule has 2 amide bonds. The summed E-state index contributed by atoms with van der Waals surface area (Å²) >= 11 is 1.31. The molecule has 29 heavy (non-hydrogen) atoms. The van der Waals surface area contributed by atoms with E-state index in [0.717, 1.165) is 25.9 Å². The van der Waals surface area contributed by atoms with Crippen molar-refractivity contribution < 1.29 is 23.5 Å².